The van der Waals surface area contributed by atoms with Crippen LogP contribution in [0.3, 0.4) is 0 Å². The van der Waals surface area contributed by atoms with Crippen LogP contribution in [0.15, 0.2) is 47.2 Å². The predicted octanol–water partition coefficient (Wildman–Crippen LogP) is 3.47. The Balaban J connectivity index is 1.52. The number of hydrogen-bond donors (Lipinski definition) is 0. The highest BCUT2D eigenvalue weighted by molar-refractivity contribution is 6.17. The molecule has 128 valence electrons. The molecule has 1 saturated heterocycles. The number of allylic oxidation sites excluding steroid dienone is 3. The Hall–Kier alpha value is -1.62. The number of morpholine rings is 1. The third-order valence-corrected chi connectivity index (χ3v) is 4.43. The molecule has 0 radical (unpaired) electrons. The van der Waals surface area contributed by atoms with Gasteiger partial charge in [-0.3, -0.25) is 9.89 Å². The Morgan fingerprint density at radius 3 is 2.92 bits per heavy atom. The molecule has 24 heavy (non-hydrogen) atoms. The van der Waals surface area contributed by atoms with Gasteiger partial charge in [0.25, 0.3) is 0 Å². The maximum absolute atomic E-state index is 5.91. The summed E-state index contributed by atoms with van der Waals surface area (Å²) in [5.74, 6) is 1.35. The Bertz CT molecular complexity index is 634. The first-order chi connectivity index (χ1) is 11.8. The number of aliphatic imine (C=N–C) groups is 1. The predicted molar refractivity (Wildman–Crippen MR) is 98.4 cm³/mol. The van der Waals surface area contributed by atoms with E-state index < -0.39 is 0 Å². The van der Waals surface area contributed by atoms with Crippen LogP contribution in [-0.4, -0.2) is 50.6 Å². The van der Waals surface area contributed by atoms with Gasteiger partial charge in [0.2, 0.25) is 0 Å². The number of benzene rings is 1. The van der Waals surface area contributed by atoms with Gasteiger partial charge in [-0.15, -0.1) is 11.6 Å². The molecule has 1 aromatic rings. The molecule has 1 aromatic carbocycles. The zero-order valence-corrected chi connectivity index (χ0v) is 14.5. The number of halogens is 1. The van der Waals surface area contributed by atoms with Gasteiger partial charge >= 0.3 is 0 Å². The van der Waals surface area contributed by atoms with Crippen molar-refractivity contribution in [2.24, 2.45) is 4.99 Å². The van der Waals surface area contributed by atoms with Crippen molar-refractivity contribution in [3.8, 4) is 0 Å². The fourth-order valence-electron chi connectivity index (χ4n) is 2.75. The maximum Gasteiger partial charge on any atom is 0.133 e. The third kappa shape index (κ3) is 4.94. The van der Waals surface area contributed by atoms with Crippen LogP contribution in [0.5, 0.6) is 0 Å². The lowest BCUT2D eigenvalue weighted by Gasteiger charge is -2.26. The first-order valence-electron chi connectivity index (χ1n) is 8.38. The minimum absolute atomic E-state index is 0.513. The van der Waals surface area contributed by atoms with Crippen molar-refractivity contribution in [1.29, 1.82) is 0 Å². The molecule has 0 N–H and O–H groups in total. The second-order valence-corrected chi connectivity index (χ2v) is 6.09. The highest BCUT2D eigenvalue weighted by atomic mass is 35.5. The van der Waals surface area contributed by atoms with Gasteiger partial charge in [-0.2, -0.15) is 0 Å². The molecular weight excluding hydrogens is 324 g/mol. The molecule has 0 unspecified atom stereocenters. The molecule has 3 rings (SSSR count). The molecule has 5 heteroatoms. The normalized spacial score (nSPS) is 18.7. The highest BCUT2D eigenvalue weighted by Crippen LogP contribution is 2.21. The number of nitrogens with zero attached hydrogens (tertiary/aromatic N) is 2. The molecule has 4 nitrogen and oxygen atoms in total. The monoisotopic (exact) mass is 346 g/mol. The summed E-state index contributed by atoms with van der Waals surface area (Å²) in [6.45, 7) is 5.21. The van der Waals surface area contributed by atoms with Gasteiger partial charge in [0.15, 0.2) is 0 Å². The number of ether oxygens (including phenoxy) is 2. The second-order valence-electron chi connectivity index (χ2n) is 5.83. The van der Waals surface area contributed by atoms with Crippen molar-refractivity contribution < 1.29 is 9.47 Å². The van der Waals surface area contributed by atoms with Crippen molar-refractivity contribution >= 4 is 23.5 Å². The summed E-state index contributed by atoms with van der Waals surface area (Å²) in [6, 6.07) is 8.18. The summed E-state index contributed by atoms with van der Waals surface area (Å²) in [6.07, 6.45) is 6.81. The Morgan fingerprint density at radius 1 is 1.21 bits per heavy atom. The van der Waals surface area contributed by atoms with E-state index in [0.717, 1.165) is 61.9 Å². The number of rotatable bonds is 6. The summed E-state index contributed by atoms with van der Waals surface area (Å²) in [5.41, 5.74) is 3.15. The lowest BCUT2D eigenvalue weighted by atomic mass is 10.1. The van der Waals surface area contributed by atoms with Crippen LogP contribution in [0, 0.1) is 0 Å². The van der Waals surface area contributed by atoms with Gasteiger partial charge < -0.3 is 9.47 Å². The molecule has 0 amide bonds. The van der Waals surface area contributed by atoms with Gasteiger partial charge in [0.1, 0.15) is 12.4 Å². The topological polar surface area (TPSA) is 34.1 Å². The third-order valence-electron chi connectivity index (χ3n) is 4.12. The average molecular weight is 347 g/mol. The summed E-state index contributed by atoms with van der Waals surface area (Å²) in [4.78, 5) is 6.94. The molecule has 2 heterocycles. The van der Waals surface area contributed by atoms with Gasteiger partial charge in [-0.1, -0.05) is 24.3 Å². The van der Waals surface area contributed by atoms with Crippen LogP contribution in [0.25, 0.3) is 5.70 Å². The summed E-state index contributed by atoms with van der Waals surface area (Å²) < 4.78 is 11.2. The zero-order chi connectivity index (χ0) is 16.6. The van der Waals surface area contributed by atoms with Crippen LogP contribution in [0.1, 0.15) is 17.5 Å². The lowest BCUT2D eigenvalue weighted by Crippen LogP contribution is -2.38. The molecule has 0 aromatic heterocycles. The van der Waals surface area contributed by atoms with E-state index in [-0.39, 0.29) is 0 Å². The Morgan fingerprint density at radius 2 is 2.08 bits per heavy atom. The minimum Gasteiger partial charge on any atom is -0.491 e. The van der Waals surface area contributed by atoms with E-state index in [4.69, 9.17) is 21.1 Å². The number of alkyl halides is 1. The van der Waals surface area contributed by atoms with Crippen LogP contribution in [0.4, 0.5) is 0 Å². The summed E-state index contributed by atoms with van der Waals surface area (Å²) in [7, 11) is 0. The molecular formula is C19H23ClN2O2. The van der Waals surface area contributed by atoms with Crippen LogP contribution in [-0.2, 0) is 15.4 Å². The molecule has 0 aliphatic carbocycles. The highest BCUT2D eigenvalue weighted by Gasteiger charge is 2.10. The SMILES string of the molecule is ClCc1cccc(C2=CCC=C(OCCN3CCOCC3)C=N2)c1. The zero-order valence-electron chi connectivity index (χ0n) is 13.8. The first kappa shape index (κ1) is 17.2. The van der Waals surface area contributed by atoms with Crippen LogP contribution >= 0.6 is 11.6 Å². The molecule has 0 bridgehead atoms. The Kier molecular flexibility index (Phi) is 6.47. The van der Waals surface area contributed by atoms with Crippen molar-refractivity contribution in [3.05, 3.63) is 53.3 Å². The summed E-state index contributed by atoms with van der Waals surface area (Å²) in [5, 5.41) is 0. The largest absolute Gasteiger partial charge is 0.491 e. The Labute approximate surface area is 148 Å². The van der Waals surface area contributed by atoms with Crippen molar-refractivity contribution in [1.82, 2.24) is 4.90 Å². The molecule has 2 aliphatic heterocycles. The van der Waals surface area contributed by atoms with E-state index in [1.165, 1.54) is 0 Å². The first-order valence-corrected chi connectivity index (χ1v) is 8.91. The second kappa shape index (κ2) is 9.02. The quantitative estimate of drug-likeness (QED) is 0.740. The van der Waals surface area contributed by atoms with Gasteiger partial charge in [-0.05, 0) is 24.1 Å². The molecule has 0 spiro atoms. The standard InChI is InChI=1S/C19H23ClN2O2/c20-14-16-3-1-4-17(13-16)19-6-2-5-18(15-21-19)24-12-9-22-7-10-23-11-8-22/h1,3-6,13,15H,2,7-12,14H2. The lowest BCUT2D eigenvalue weighted by molar-refractivity contribution is 0.0285. The van der Waals surface area contributed by atoms with Crippen molar-refractivity contribution in [2.45, 2.75) is 12.3 Å². The molecule has 0 atom stereocenters. The van der Waals surface area contributed by atoms with Crippen LogP contribution in [0.2, 0.25) is 0 Å². The van der Waals surface area contributed by atoms with Gasteiger partial charge in [0, 0.05) is 31.1 Å². The molecule has 1 fully saturated rings. The van der Waals surface area contributed by atoms with E-state index in [0.29, 0.717) is 12.5 Å². The van der Waals surface area contributed by atoms with Gasteiger partial charge in [0.05, 0.1) is 25.1 Å². The van der Waals surface area contributed by atoms with E-state index in [2.05, 4.69) is 34.2 Å². The fraction of sp³-hybridized carbons (Fsp3) is 0.421. The van der Waals surface area contributed by atoms with E-state index in [1.807, 2.05) is 18.3 Å². The average Bonchev–Trinajstić information content (AvgIpc) is 2.88. The maximum atomic E-state index is 5.91. The smallest absolute Gasteiger partial charge is 0.133 e. The van der Waals surface area contributed by atoms with E-state index in [9.17, 15) is 0 Å². The number of hydrogen-bond acceptors (Lipinski definition) is 4. The van der Waals surface area contributed by atoms with Crippen molar-refractivity contribution in [3.63, 3.8) is 0 Å². The van der Waals surface area contributed by atoms with E-state index in [1.54, 1.807) is 0 Å². The van der Waals surface area contributed by atoms with Gasteiger partial charge in [-0.25, -0.2) is 0 Å². The van der Waals surface area contributed by atoms with Crippen LogP contribution < -0.4 is 0 Å². The summed E-state index contributed by atoms with van der Waals surface area (Å²) >= 11 is 5.91. The molecule has 0 saturated carbocycles. The minimum atomic E-state index is 0.513. The fourth-order valence-corrected chi connectivity index (χ4v) is 2.91. The molecule has 2 aliphatic rings. The van der Waals surface area contributed by atoms with Crippen molar-refractivity contribution in [2.75, 3.05) is 39.5 Å². The van der Waals surface area contributed by atoms with E-state index >= 15 is 0 Å².